The van der Waals surface area contributed by atoms with Crippen molar-refractivity contribution < 1.29 is 14.4 Å². The van der Waals surface area contributed by atoms with Crippen LogP contribution in [0.5, 0.6) is 17.2 Å². The summed E-state index contributed by atoms with van der Waals surface area (Å²) in [5.41, 5.74) is 6.42. The molecule has 0 unspecified atom stereocenters. The first-order valence-electron chi connectivity index (χ1n) is 5.94. The molecule has 0 aliphatic heterocycles. The Morgan fingerprint density at radius 2 is 1.90 bits per heavy atom. The number of benzene rings is 2. The van der Waals surface area contributed by atoms with Gasteiger partial charge < -0.3 is 15.2 Å². The first-order valence-corrected chi connectivity index (χ1v) is 5.94. The molecule has 20 heavy (non-hydrogen) atoms. The van der Waals surface area contributed by atoms with Crippen molar-refractivity contribution in [3.8, 4) is 17.2 Å². The lowest BCUT2D eigenvalue weighted by molar-refractivity contribution is -0.384. The van der Waals surface area contributed by atoms with Gasteiger partial charge in [0.05, 0.1) is 18.1 Å². The molecule has 104 valence electrons. The molecule has 2 rings (SSSR count). The van der Waals surface area contributed by atoms with Gasteiger partial charge in [0.1, 0.15) is 5.75 Å². The summed E-state index contributed by atoms with van der Waals surface area (Å²) < 4.78 is 10.9. The van der Waals surface area contributed by atoms with Crippen LogP contribution in [-0.2, 0) is 6.54 Å². The van der Waals surface area contributed by atoms with Crippen molar-refractivity contribution in [3.05, 3.63) is 58.1 Å². The van der Waals surface area contributed by atoms with E-state index in [1.54, 1.807) is 6.07 Å². The van der Waals surface area contributed by atoms with Gasteiger partial charge in [0.25, 0.3) is 5.69 Å². The summed E-state index contributed by atoms with van der Waals surface area (Å²) in [5.74, 6) is 1.30. The van der Waals surface area contributed by atoms with Gasteiger partial charge in [-0.2, -0.15) is 0 Å². The van der Waals surface area contributed by atoms with Gasteiger partial charge in [0.2, 0.25) is 0 Å². The molecule has 0 atom stereocenters. The highest BCUT2D eigenvalue weighted by molar-refractivity contribution is 5.50. The van der Waals surface area contributed by atoms with Gasteiger partial charge in [-0.1, -0.05) is 18.2 Å². The van der Waals surface area contributed by atoms with Crippen LogP contribution in [-0.4, -0.2) is 12.0 Å². The molecule has 0 spiro atoms. The standard InChI is InChI=1S/C14H14N2O4/c1-19-14-8-11(16(17)18)6-7-13(14)20-12-5-3-2-4-10(12)9-15/h2-8H,9,15H2,1H3. The second kappa shape index (κ2) is 6.03. The molecule has 0 aliphatic rings. The van der Waals surface area contributed by atoms with Gasteiger partial charge in [-0.05, 0) is 12.1 Å². The SMILES string of the molecule is COc1cc([N+](=O)[O-])ccc1Oc1ccccc1CN. The number of hydrogen-bond donors (Lipinski definition) is 1. The van der Waals surface area contributed by atoms with E-state index >= 15 is 0 Å². The van der Waals surface area contributed by atoms with E-state index in [-0.39, 0.29) is 5.69 Å². The third-order valence-electron chi connectivity index (χ3n) is 2.77. The Morgan fingerprint density at radius 3 is 2.55 bits per heavy atom. The number of ether oxygens (including phenoxy) is 2. The summed E-state index contributed by atoms with van der Waals surface area (Å²) in [4.78, 5) is 10.2. The fourth-order valence-corrected chi connectivity index (χ4v) is 1.74. The summed E-state index contributed by atoms with van der Waals surface area (Å²) in [7, 11) is 1.43. The van der Waals surface area contributed by atoms with E-state index in [9.17, 15) is 10.1 Å². The Labute approximate surface area is 115 Å². The van der Waals surface area contributed by atoms with Crippen LogP contribution in [0, 0.1) is 10.1 Å². The molecular weight excluding hydrogens is 260 g/mol. The fraction of sp³-hybridized carbons (Fsp3) is 0.143. The summed E-state index contributed by atoms with van der Waals surface area (Å²) in [5, 5.41) is 10.7. The Kier molecular flexibility index (Phi) is 4.17. The van der Waals surface area contributed by atoms with E-state index in [0.717, 1.165) is 5.56 Å². The molecule has 0 radical (unpaired) electrons. The molecule has 0 heterocycles. The zero-order valence-corrected chi connectivity index (χ0v) is 10.9. The molecule has 0 amide bonds. The predicted molar refractivity (Wildman–Crippen MR) is 74.1 cm³/mol. The number of para-hydroxylation sites is 1. The summed E-state index contributed by atoms with van der Waals surface area (Å²) in [6.45, 7) is 0.339. The number of nitro benzene ring substituents is 1. The second-order valence-electron chi connectivity index (χ2n) is 4.01. The number of nitrogens with two attached hydrogens (primary N) is 1. The summed E-state index contributed by atoms with van der Waals surface area (Å²) in [6.07, 6.45) is 0. The van der Waals surface area contributed by atoms with Crippen LogP contribution in [0.4, 0.5) is 5.69 Å². The van der Waals surface area contributed by atoms with E-state index < -0.39 is 4.92 Å². The van der Waals surface area contributed by atoms with Crippen LogP contribution >= 0.6 is 0 Å². The number of non-ortho nitro benzene ring substituents is 1. The minimum Gasteiger partial charge on any atom is -0.493 e. The molecule has 0 saturated carbocycles. The lowest BCUT2D eigenvalue weighted by atomic mass is 10.2. The van der Waals surface area contributed by atoms with Crippen molar-refractivity contribution in [2.75, 3.05) is 7.11 Å². The first-order chi connectivity index (χ1) is 9.65. The van der Waals surface area contributed by atoms with E-state index in [1.807, 2.05) is 18.2 Å². The topological polar surface area (TPSA) is 87.6 Å². The molecule has 6 nitrogen and oxygen atoms in total. The van der Waals surface area contributed by atoms with Crippen molar-refractivity contribution in [3.63, 3.8) is 0 Å². The maximum absolute atomic E-state index is 10.7. The van der Waals surface area contributed by atoms with E-state index in [0.29, 0.717) is 23.8 Å². The van der Waals surface area contributed by atoms with Crippen molar-refractivity contribution in [1.29, 1.82) is 0 Å². The average molecular weight is 274 g/mol. The molecule has 2 aromatic rings. The van der Waals surface area contributed by atoms with Crippen LogP contribution in [0.3, 0.4) is 0 Å². The number of nitrogens with zero attached hydrogens (tertiary/aromatic N) is 1. The van der Waals surface area contributed by atoms with Crippen molar-refractivity contribution in [2.24, 2.45) is 5.73 Å². The lowest BCUT2D eigenvalue weighted by Gasteiger charge is -2.12. The molecular formula is C14H14N2O4. The number of rotatable bonds is 5. The molecule has 2 N–H and O–H groups in total. The van der Waals surface area contributed by atoms with E-state index in [1.165, 1.54) is 25.3 Å². The quantitative estimate of drug-likeness (QED) is 0.669. The summed E-state index contributed by atoms with van der Waals surface area (Å²) >= 11 is 0. The number of methoxy groups -OCH3 is 1. The van der Waals surface area contributed by atoms with Gasteiger partial charge >= 0.3 is 0 Å². The maximum Gasteiger partial charge on any atom is 0.273 e. The predicted octanol–water partition coefficient (Wildman–Crippen LogP) is 2.85. The normalized spacial score (nSPS) is 10.1. The highest BCUT2D eigenvalue weighted by atomic mass is 16.6. The van der Waals surface area contributed by atoms with Gasteiger partial charge in [0, 0.05) is 18.2 Å². The number of hydrogen-bond acceptors (Lipinski definition) is 5. The molecule has 0 aliphatic carbocycles. The minimum atomic E-state index is -0.486. The smallest absolute Gasteiger partial charge is 0.273 e. The van der Waals surface area contributed by atoms with Crippen LogP contribution in [0.2, 0.25) is 0 Å². The van der Waals surface area contributed by atoms with Crippen molar-refractivity contribution in [2.45, 2.75) is 6.54 Å². The van der Waals surface area contributed by atoms with E-state index in [2.05, 4.69) is 0 Å². The highest BCUT2D eigenvalue weighted by Crippen LogP contribution is 2.35. The molecule has 6 heteroatoms. The minimum absolute atomic E-state index is 0.0543. The average Bonchev–Trinajstić information content (AvgIpc) is 2.48. The maximum atomic E-state index is 10.7. The molecule has 0 aromatic heterocycles. The van der Waals surface area contributed by atoms with Gasteiger partial charge in [-0.25, -0.2) is 0 Å². The second-order valence-corrected chi connectivity index (χ2v) is 4.01. The third kappa shape index (κ3) is 2.86. The molecule has 0 saturated heterocycles. The fourth-order valence-electron chi connectivity index (χ4n) is 1.74. The Bertz CT molecular complexity index is 628. The zero-order valence-electron chi connectivity index (χ0n) is 10.9. The van der Waals surface area contributed by atoms with E-state index in [4.69, 9.17) is 15.2 Å². The monoisotopic (exact) mass is 274 g/mol. The Balaban J connectivity index is 2.36. The lowest BCUT2D eigenvalue weighted by Crippen LogP contribution is -2.00. The van der Waals surface area contributed by atoms with Crippen LogP contribution in [0.15, 0.2) is 42.5 Å². The Hall–Kier alpha value is -2.60. The zero-order chi connectivity index (χ0) is 14.5. The highest BCUT2D eigenvalue weighted by Gasteiger charge is 2.13. The van der Waals surface area contributed by atoms with Crippen LogP contribution in [0.1, 0.15) is 5.56 Å². The molecule has 0 bridgehead atoms. The largest absolute Gasteiger partial charge is 0.493 e. The van der Waals surface area contributed by atoms with Crippen molar-refractivity contribution >= 4 is 5.69 Å². The summed E-state index contributed by atoms with van der Waals surface area (Å²) in [6, 6.07) is 11.5. The van der Waals surface area contributed by atoms with Crippen LogP contribution in [0.25, 0.3) is 0 Å². The van der Waals surface area contributed by atoms with Gasteiger partial charge in [0.15, 0.2) is 11.5 Å². The first kappa shape index (κ1) is 13.8. The van der Waals surface area contributed by atoms with Crippen LogP contribution < -0.4 is 15.2 Å². The number of nitro groups is 1. The molecule has 0 fully saturated rings. The Morgan fingerprint density at radius 1 is 1.15 bits per heavy atom. The van der Waals surface area contributed by atoms with Gasteiger partial charge in [-0.3, -0.25) is 10.1 Å². The van der Waals surface area contributed by atoms with Crippen molar-refractivity contribution in [1.82, 2.24) is 0 Å². The third-order valence-corrected chi connectivity index (χ3v) is 2.77. The van der Waals surface area contributed by atoms with Gasteiger partial charge in [-0.15, -0.1) is 0 Å². The molecule has 2 aromatic carbocycles.